The van der Waals surface area contributed by atoms with Gasteiger partial charge in [0.25, 0.3) is 0 Å². The maximum absolute atomic E-state index is 2.25. The minimum atomic E-state index is 0. The molecule has 3 nitrogen and oxygen atoms in total. The molecule has 0 aliphatic rings. The fraction of sp³-hybridized carbons (Fsp3) is 1.00. The minimum Gasteiger partial charge on any atom is -0.870 e. The first kappa shape index (κ1) is 22.6. The standard InChI is InChI=1S/C5H11.3H2O.Ti/c1-4-5(2)3;;;;/h5H,1,4H2,2-3H3;3*1H2;/q;;;;+3/p-3. The largest absolute Gasteiger partial charge is 0.870 e. The van der Waals surface area contributed by atoms with Crippen LogP contribution in [0.1, 0.15) is 20.3 Å². The molecule has 0 aliphatic heterocycles. The van der Waals surface area contributed by atoms with Crippen LogP contribution >= 0.6 is 0 Å². The molecule has 0 atom stereocenters. The Hall–Kier alpha value is 0.594. The van der Waals surface area contributed by atoms with Crippen molar-refractivity contribution < 1.29 is 36.9 Å². The van der Waals surface area contributed by atoms with E-state index in [4.69, 9.17) is 0 Å². The van der Waals surface area contributed by atoms with Gasteiger partial charge in [-0.2, -0.15) is 0 Å². The smallest absolute Gasteiger partial charge is 0.870 e. The average molecular weight is 170 g/mol. The van der Waals surface area contributed by atoms with E-state index in [1.54, 1.807) is 0 Å². The summed E-state index contributed by atoms with van der Waals surface area (Å²) in [6.45, 7) is 4.51. The zero-order chi connectivity index (χ0) is 4.99. The van der Waals surface area contributed by atoms with Gasteiger partial charge in [0.1, 0.15) is 0 Å². The zero-order valence-corrected chi connectivity index (χ0v) is 7.39. The molecule has 0 radical (unpaired) electrons. The molecular weight excluding hydrogens is 156 g/mol. The molecule has 0 unspecified atom stereocenters. The third kappa shape index (κ3) is 28.9. The van der Waals surface area contributed by atoms with Crippen LogP contribution in [0.4, 0.5) is 0 Å². The molecule has 0 bridgehead atoms. The molecule has 0 fully saturated rings. The van der Waals surface area contributed by atoms with Gasteiger partial charge < -0.3 is 16.4 Å². The number of rotatable bonds is 2. The van der Waals surface area contributed by atoms with Gasteiger partial charge >= 0.3 is 51.3 Å². The van der Waals surface area contributed by atoms with E-state index >= 15 is 0 Å². The average Bonchev–Trinajstić information content (AvgIpc) is 1.35. The molecule has 0 heterocycles. The second-order valence-electron chi connectivity index (χ2n) is 1.93. The van der Waals surface area contributed by atoms with Gasteiger partial charge in [-0.15, -0.1) is 0 Å². The predicted molar refractivity (Wildman–Crippen MR) is 30.1 cm³/mol. The van der Waals surface area contributed by atoms with E-state index in [-0.39, 0.29) is 16.4 Å². The Morgan fingerprint density at radius 1 is 1.11 bits per heavy atom. The maximum Gasteiger partial charge on any atom is -0.870 e. The Labute approximate surface area is 68.2 Å². The fourth-order valence-electron chi connectivity index (χ4n) is 0.289. The SMILES string of the molecule is CC(C)C[CH2][Ti+3].[OH-].[OH-].[OH-]. The molecule has 4 heteroatoms. The van der Waals surface area contributed by atoms with E-state index in [1.165, 1.54) is 11.1 Å². The molecule has 0 rings (SSSR count). The quantitative estimate of drug-likeness (QED) is 0.587. The normalized spacial score (nSPS) is 6.78. The molecule has 0 saturated carbocycles. The van der Waals surface area contributed by atoms with Crippen molar-refractivity contribution in [1.29, 1.82) is 0 Å². The number of hydrogen-bond donors (Lipinski definition) is 0. The summed E-state index contributed by atoms with van der Waals surface area (Å²) in [5, 5.41) is 0. The maximum atomic E-state index is 2.25. The van der Waals surface area contributed by atoms with Crippen LogP contribution in [0.3, 0.4) is 0 Å². The minimum absolute atomic E-state index is 0. The summed E-state index contributed by atoms with van der Waals surface area (Å²) >= 11 is 2.22. The first-order valence-electron chi connectivity index (χ1n) is 2.42. The van der Waals surface area contributed by atoms with Crippen LogP contribution in [-0.4, -0.2) is 16.4 Å². The van der Waals surface area contributed by atoms with E-state index < -0.39 is 0 Å². The molecule has 0 aromatic rings. The van der Waals surface area contributed by atoms with Crippen molar-refractivity contribution in [2.45, 2.75) is 25.0 Å². The van der Waals surface area contributed by atoms with Gasteiger partial charge in [-0.05, 0) is 0 Å². The Morgan fingerprint density at radius 3 is 1.44 bits per heavy atom. The van der Waals surface area contributed by atoms with E-state index in [2.05, 4.69) is 34.3 Å². The molecule has 3 N–H and O–H groups in total. The van der Waals surface area contributed by atoms with Crippen LogP contribution < -0.4 is 0 Å². The van der Waals surface area contributed by atoms with Gasteiger partial charge in [0.15, 0.2) is 0 Å². The second kappa shape index (κ2) is 15.8. The molecule has 0 amide bonds. The second-order valence-corrected chi connectivity index (χ2v) is 2.71. The molecule has 0 aromatic heterocycles. The van der Waals surface area contributed by atoms with E-state index in [9.17, 15) is 0 Å². The third-order valence-corrected chi connectivity index (χ3v) is 1.17. The van der Waals surface area contributed by atoms with Crippen molar-refractivity contribution in [2.24, 2.45) is 5.92 Å². The molecule has 56 valence electrons. The van der Waals surface area contributed by atoms with Gasteiger partial charge in [-0.1, -0.05) is 0 Å². The van der Waals surface area contributed by atoms with Crippen LogP contribution in [0.25, 0.3) is 0 Å². The van der Waals surface area contributed by atoms with Crippen molar-refractivity contribution in [1.82, 2.24) is 0 Å². The predicted octanol–water partition coefficient (Wildman–Crippen LogP) is 1.47. The van der Waals surface area contributed by atoms with Crippen LogP contribution in [0.2, 0.25) is 4.73 Å². The Morgan fingerprint density at radius 2 is 1.44 bits per heavy atom. The summed E-state index contributed by atoms with van der Waals surface area (Å²) in [6.07, 6.45) is 1.38. The van der Waals surface area contributed by atoms with Crippen LogP contribution in [0.5, 0.6) is 0 Å². The first-order chi connectivity index (χ1) is 2.77. The summed E-state index contributed by atoms with van der Waals surface area (Å²) < 4.78 is 1.33. The molecule has 0 aromatic carbocycles. The molecule has 0 aliphatic carbocycles. The Bertz CT molecular complexity index is 33.4. The fourth-order valence-corrected chi connectivity index (χ4v) is 1.19. The van der Waals surface area contributed by atoms with Gasteiger partial charge in [-0.3, -0.25) is 0 Å². The van der Waals surface area contributed by atoms with Crippen molar-refractivity contribution >= 4 is 0 Å². The summed E-state index contributed by atoms with van der Waals surface area (Å²) in [5.74, 6) is 0.898. The monoisotopic (exact) mass is 170 g/mol. The summed E-state index contributed by atoms with van der Waals surface area (Å²) in [4.78, 5) is 0. The molecule has 0 spiro atoms. The van der Waals surface area contributed by atoms with Crippen LogP contribution in [0, 0.1) is 5.92 Å². The van der Waals surface area contributed by atoms with Crippen molar-refractivity contribution in [2.75, 3.05) is 0 Å². The molecular formula is C5H14O3Ti. The first-order valence-corrected chi connectivity index (χ1v) is 3.52. The van der Waals surface area contributed by atoms with Crippen molar-refractivity contribution in [3.8, 4) is 0 Å². The summed E-state index contributed by atoms with van der Waals surface area (Å²) in [7, 11) is 0. The summed E-state index contributed by atoms with van der Waals surface area (Å²) in [5.41, 5.74) is 0. The zero-order valence-electron chi connectivity index (χ0n) is 5.83. The van der Waals surface area contributed by atoms with Gasteiger partial charge in [-0.25, -0.2) is 0 Å². The van der Waals surface area contributed by atoms with Gasteiger partial charge in [0.05, 0.1) is 0 Å². The molecule has 0 saturated heterocycles. The van der Waals surface area contributed by atoms with Crippen molar-refractivity contribution in [3.05, 3.63) is 0 Å². The van der Waals surface area contributed by atoms with Crippen LogP contribution in [0.15, 0.2) is 0 Å². The molecule has 9 heavy (non-hydrogen) atoms. The Kier molecular flexibility index (Phi) is 39.8. The Balaban J connectivity index is -0.0000000417. The van der Waals surface area contributed by atoms with Crippen molar-refractivity contribution in [3.63, 3.8) is 0 Å². The van der Waals surface area contributed by atoms with Gasteiger partial charge in [0, 0.05) is 0 Å². The van der Waals surface area contributed by atoms with E-state index in [0.29, 0.717) is 0 Å². The van der Waals surface area contributed by atoms with Crippen LogP contribution in [-0.2, 0) is 20.4 Å². The van der Waals surface area contributed by atoms with E-state index in [1.807, 2.05) is 0 Å². The topological polar surface area (TPSA) is 90.0 Å². The summed E-state index contributed by atoms with van der Waals surface area (Å²) in [6, 6.07) is 0. The third-order valence-electron chi connectivity index (χ3n) is 0.722. The number of hydrogen-bond acceptors (Lipinski definition) is 3. The van der Waals surface area contributed by atoms with E-state index in [0.717, 1.165) is 5.92 Å². The van der Waals surface area contributed by atoms with Gasteiger partial charge in [0.2, 0.25) is 0 Å².